The average molecular weight is 404 g/mol. The molecule has 2 amide bonds. The summed E-state index contributed by atoms with van der Waals surface area (Å²) in [7, 11) is 1.71. The van der Waals surface area contributed by atoms with Crippen LogP contribution in [0.3, 0.4) is 0 Å². The lowest BCUT2D eigenvalue weighted by Gasteiger charge is -2.35. The molecule has 2 rings (SSSR count). The summed E-state index contributed by atoms with van der Waals surface area (Å²) in [6.07, 6.45) is -0.225. The van der Waals surface area contributed by atoms with Crippen LogP contribution in [0.2, 0.25) is 0 Å². The summed E-state index contributed by atoms with van der Waals surface area (Å²) < 4.78 is 0. The van der Waals surface area contributed by atoms with E-state index in [1.54, 1.807) is 7.05 Å². The minimum atomic E-state index is -0.798. The Hall–Kier alpha value is -2.25. The van der Waals surface area contributed by atoms with Crippen molar-refractivity contribution < 1.29 is 19.5 Å². The molecule has 1 aliphatic heterocycles. The summed E-state index contributed by atoms with van der Waals surface area (Å²) in [5.74, 6) is -0.782. The smallest absolute Gasteiger partial charge is 0.243 e. The SMILES string of the molecule is CN[C@H](C(=O)N1C[C@H](O)C[C@H]1C(=O)N[C@H](Cc1ccccc1)C(C)=O)C(C)(C)C. The van der Waals surface area contributed by atoms with Gasteiger partial charge in [0.15, 0.2) is 5.78 Å². The minimum Gasteiger partial charge on any atom is -0.391 e. The van der Waals surface area contributed by atoms with Gasteiger partial charge in [0.2, 0.25) is 11.8 Å². The van der Waals surface area contributed by atoms with Gasteiger partial charge in [0.05, 0.1) is 18.2 Å². The zero-order valence-corrected chi connectivity index (χ0v) is 17.9. The van der Waals surface area contributed by atoms with Crippen molar-refractivity contribution in [3.8, 4) is 0 Å². The van der Waals surface area contributed by atoms with E-state index in [0.717, 1.165) is 5.56 Å². The number of β-amino-alcohol motifs (C(OH)–C–C–N with tert-alkyl or cyclic N) is 1. The highest BCUT2D eigenvalue weighted by Crippen LogP contribution is 2.26. The van der Waals surface area contributed by atoms with Crippen molar-refractivity contribution in [2.45, 2.75) is 64.8 Å². The number of hydrogen-bond donors (Lipinski definition) is 3. The molecule has 7 nitrogen and oxygen atoms in total. The molecule has 0 aliphatic carbocycles. The molecule has 7 heteroatoms. The number of Topliss-reactive ketones (excluding diaryl/α,β-unsaturated/α-hetero) is 1. The first kappa shape index (κ1) is 23.0. The van der Waals surface area contributed by atoms with Crippen molar-refractivity contribution in [3.05, 3.63) is 35.9 Å². The number of nitrogens with one attached hydrogen (secondary N) is 2. The lowest BCUT2D eigenvalue weighted by Crippen LogP contribution is -2.57. The second kappa shape index (κ2) is 9.50. The fourth-order valence-electron chi connectivity index (χ4n) is 3.81. The molecule has 0 unspecified atom stereocenters. The Morgan fingerprint density at radius 3 is 2.34 bits per heavy atom. The molecule has 29 heavy (non-hydrogen) atoms. The molecule has 1 saturated heterocycles. The van der Waals surface area contributed by atoms with Gasteiger partial charge in [0, 0.05) is 13.0 Å². The topological polar surface area (TPSA) is 98.7 Å². The van der Waals surface area contributed by atoms with E-state index in [4.69, 9.17) is 0 Å². The molecule has 160 valence electrons. The van der Waals surface area contributed by atoms with Crippen molar-refractivity contribution in [2.75, 3.05) is 13.6 Å². The van der Waals surface area contributed by atoms with E-state index in [1.807, 2.05) is 51.1 Å². The fourth-order valence-corrected chi connectivity index (χ4v) is 3.81. The van der Waals surface area contributed by atoms with Crippen LogP contribution in [0.4, 0.5) is 0 Å². The van der Waals surface area contributed by atoms with E-state index in [1.165, 1.54) is 11.8 Å². The number of aliphatic hydroxyl groups is 1. The van der Waals surface area contributed by atoms with Crippen LogP contribution >= 0.6 is 0 Å². The van der Waals surface area contributed by atoms with Crippen molar-refractivity contribution in [2.24, 2.45) is 5.41 Å². The highest BCUT2D eigenvalue weighted by Gasteiger charge is 2.43. The number of aliphatic hydroxyl groups excluding tert-OH is 1. The Morgan fingerprint density at radius 2 is 1.83 bits per heavy atom. The molecule has 0 radical (unpaired) electrons. The summed E-state index contributed by atoms with van der Waals surface area (Å²) in [4.78, 5) is 39.6. The molecule has 0 bridgehead atoms. The molecule has 1 fully saturated rings. The van der Waals surface area contributed by atoms with Gasteiger partial charge in [-0.25, -0.2) is 0 Å². The summed E-state index contributed by atoms with van der Waals surface area (Å²) in [6, 6.07) is 7.49. The maximum absolute atomic E-state index is 13.1. The number of carbonyl (C=O) groups excluding carboxylic acids is 3. The first-order valence-electron chi connectivity index (χ1n) is 10.0. The molecule has 1 heterocycles. The van der Waals surface area contributed by atoms with Crippen LogP contribution < -0.4 is 10.6 Å². The Morgan fingerprint density at radius 1 is 1.21 bits per heavy atom. The van der Waals surface area contributed by atoms with Crippen LogP contribution in [0.1, 0.15) is 39.7 Å². The highest BCUT2D eigenvalue weighted by molar-refractivity contribution is 5.93. The van der Waals surface area contributed by atoms with Crippen LogP contribution in [-0.4, -0.2) is 65.4 Å². The van der Waals surface area contributed by atoms with Gasteiger partial charge in [-0.05, 0) is 31.4 Å². The van der Waals surface area contributed by atoms with Crippen LogP contribution in [0.5, 0.6) is 0 Å². The number of carbonyl (C=O) groups is 3. The number of benzene rings is 1. The quantitative estimate of drug-likeness (QED) is 0.628. The molecule has 4 atom stereocenters. The van der Waals surface area contributed by atoms with Crippen LogP contribution in [0, 0.1) is 5.41 Å². The van der Waals surface area contributed by atoms with E-state index in [0.29, 0.717) is 6.42 Å². The second-order valence-electron chi connectivity index (χ2n) is 8.85. The Labute approximate surface area is 172 Å². The zero-order valence-electron chi connectivity index (χ0n) is 17.9. The van der Waals surface area contributed by atoms with Crippen molar-refractivity contribution in [1.82, 2.24) is 15.5 Å². The monoisotopic (exact) mass is 403 g/mol. The van der Waals surface area contributed by atoms with Gasteiger partial charge >= 0.3 is 0 Å². The molecule has 0 aromatic heterocycles. The van der Waals surface area contributed by atoms with Crippen LogP contribution in [0.25, 0.3) is 0 Å². The van der Waals surface area contributed by atoms with Gasteiger partial charge in [-0.1, -0.05) is 51.1 Å². The van der Waals surface area contributed by atoms with Crippen molar-refractivity contribution in [3.63, 3.8) is 0 Å². The Kier molecular flexibility index (Phi) is 7.54. The van der Waals surface area contributed by atoms with Crippen LogP contribution in [-0.2, 0) is 20.8 Å². The predicted octanol–water partition coefficient (Wildman–Crippen LogP) is 0.899. The standard InChI is InChI=1S/C22H33N3O4/c1-14(26)17(11-15-9-7-6-8-10-15)24-20(28)18-12-16(27)13-25(18)21(29)19(23-5)22(2,3)4/h6-10,16-19,23,27H,11-13H2,1-5H3,(H,24,28)/t16-,17-,18+,19-/m1/s1. The Balaban J connectivity index is 2.15. The van der Waals surface area contributed by atoms with Gasteiger partial charge in [-0.2, -0.15) is 0 Å². The van der Waals surface area contributed by atoms with Gasteiger partial charge < -0.3 is 20.6 Å². The lowest BCUT2D eigenvalue weighted by atomic mass is 9.86. The molecule has 3 N–H and O–H groups in total. The van der Waals surface area contributed by atoms with E-state index < -0.39 is 30.1 Å². The molecular weight excluding hydrogens is 370 g/mol. The first-order valence-corrected chi connectivity index (χ1v) is 10.0. The largest absolute Gasteiger partial charge is 0.391 e. The van der Waals surface area contributed by atoms with Gasteiger partial charge in [0.1, 0.15) is 6.04 Å². The highest BCUT2D eigenvalue weighted by atomic mass is 16.3. The predicted molar refractivity (Wildman–Crippen MR) is 111 cm³/mol. The number of rotatable bonds is 7. The summed E-state index contributed by atoms with van der Waals surface area (Å²) in [5.41, 5.74) is 0.589. The van der Waals surface area contributed by atoms with E-state index >= 15 is 0 Å². The summed E-state index contributed by atoms with van der Waals surface area (Å²) in [6.45, 7) is 7.38. The Bertz CT molecular complexity index is 729. The van der Waals surface area contributed by atoms with E-state index in [2.05, 4.69) is 10.6 Å². The van der Waals surface area contributed by atoms with Gasteiger partial charge in [-0.15, -0.1) is 0 Å². The third kappa shape index (κ3) is 5.87. The molecular formula is C22H33N3O4. The second-order valence-corrected chi connectivity index (χ2v) is 8.85. The molecule has 1 aromatic carbocycles. The molecule has 1 aliphatic rings. The van der Waals surface area contributed by atoms with E-state index in [9.17, 15) is 19.5 Å². The molecule has 0 spiro atoms. The van der Waals surface area contributed by atoms with Crippen molar-refractivity contribution >= 4 is 17.6 Å². The number of likely N-dealkylation sites (N-methyl/N-ethyl adjacent to an activating group) is 1. The third-order valence-electron chi connectivity index (χ3n) is 5.36. The average Bonchev–Trinajstić information content (AvgIpc) is 3.03. The maximum atomic E-state index is 13.1. The van der Waals surface area contributed by atoms with Crippen LogP contribution in [0.15, 0.2) is 30.3 Å². The summed E-state index contributed by atoms with van der Waals surface area (Å²) >= 11 is 0. The fraction of sp³-hybridized carbons (Fsp3) is 0.591. The van der Waals surface area contributed by atoms with Crippen molar-refractivity contribution in [1.29, 1.82) is 0 Å². The maximum Gasteiger partial charge on any atom is 0.243 e. The normalized spacial score (nSPS) is 21.5. The van der Waals surface area contributed by atoms with Gasteiger partial charge in [-0.3, -0.25) is 14.4 Å². The first-order chi connectivity index (χ1) is 13.5. The van der Waals surface area contributed by atoms with Gasteiger partial charge in [0.25, 0.3) is 0 Å². The number of amides is 2. The number of ketones is 1. The zero-order chi connectivity index (χ0) is 21.8. The number of likely N-dealkylation sites (tertiary alicyclic amines) is 1. The number of nitrogens with zero attached hydrogens (tertiary/aromatic N) is 1. The van der Waals surface area contributed by atoms with E-state index in [-0.39, 0.29) is 30.1 Å². The lowest BCUT2D eigenvalue weighted by molar-refractivity contribution is -0.142. The summed E-state index contributed by atoms with van der Waals surface area (Å²) in [5, 5.41) is 16.0. The number of hydrogen-bond acceptors (Lipinski definition) is 5. The molecule has 1 aromatic rings. The third-order valence-corrected chi connectivity index (χ3v) is 5.36. The minimum absolute atomic E-state index is 0.106. The molecule has 0 saturated carbocycles.